The summed E-state index contributed by atoms with van der Waals surface area (Å²) >= 11 is 6.20. The molecule has 0 aromatic heterocycles. The topological polar surface area (TPSA) is 75.6 Å². The average Bonchev–Trinajstić information content (AvgIpc) is 3.11. The zero-order chi connectivity index (χ0) is 16.5. The van der Waals surface area contributed by atoms with Crippen molar-refractivity contribution in [2.24, 2.45) is 5.41 Å². The van der Waals surface area contributed by atoms with E-state index >= 15 is 0 Å². The largest absolute Gasteiger partial charge is 0.481 e. The molecule has 2 rings (SSSR count). The molecule has 0 bridgehead atoms. The number of ether oxygens (including phenoxy) is 1. The number of amides is 1. The van der Waals surface area contributed by atoms with E-state index in [2.05, 4.69) is 5.32 Å². The summed E-state index contributed by atoms with van der Waals surface area (Å²) in [6, 6.07) is 5.06. The Balaban J connectivity index is 2.04. The van der Waals surface area contributed by atoms with Crippen LogP contribution in [0.1, 0.15) is 39.2 Å². The Bertz CT molecular complexity index is 603. The lowest BCUT2D eigenvalue weighted by molar-refractivity contribution is -0.143. The van der Waals surface area contributed by atoms with Crippen molar-refractivity contribution in [3.8, 4) is 0 Å². The molecule has 1 aliphatic carbocycles. The van der Waals surface area contributed by atoms with Gasteiger partial charge in [-0.2, -0.15) is 0 Å². The first-order valence-electron chi connectivity index (χ1n) is 7.13. The zero-order valence-electron chi connectivity index (χ0n) is 12.9. The molecule has 1 aromatic carbocycles. The maximum Gasteiger partial charge on any atom is 0.412 e. The molecule has 6 heteroatoms. The quantitative estimate of drug-likeness (QED) is 0.874. The third kappa shape index (κ3) is 4.13. The van der Waals surface area contributed by atoms with Crippen LogP contribution in [0.2, 0.25) is 5.02 Å². The monoisotopic (exact) mass is 325 g/mol. The molecule has 1 fully saturated rings. The molecule has 1 aromatic rings. The van der Waals surface area contributed by atoms with E-state index in [1.165, 1.54) is 0 Å². The summed E-state index contributed by atoms with van der Waals surface area (Å²) < 4.78 is 5.16. The first-order valence-corrected chi connectivity index (χ1v) is 7.51. The predicted molar refractivity (Wildman–Crippen MR) is 84.3 cm³/mol. The van der Waals surface area contributed by atoms with Crippen LogP contribution in [0.4, 0.5) is 10.5 Å². The van der Waals surface area contributed by atoms with Gasteiger partial charge >= 0.3 is 12.1 Å². The maximum atomic E-state index is 11.7. The summed E-state index contributed by atoms with van der Waals surface area (Å²) in [6.45, 7) is 5.34. The Morgan fingerprint density at radius 3 is 2.45 bits per heavy atom. The standard InChI is InChI=1S/C16H20ClNO4/c1-15(2,3)22-14(21)18-11-5-4-10(12(17)8-11)9-16(6-7-16)13(19)20/h4-5,8H,6-7,9H2,1-3H3,(H,18,21)(H,19,20). The fraction of sp³-hybridized carbons (Fsp3) is 0.500. The zero-order valence-corrected chi connectivity index (χ0v) is 13.7. The van der Waals surface area contributed by atoms with Gasteiger partial charge < -0.3 is 9.84 Å². The highest BCUT2D eigenvalue weighted by Crippen LogP contribution is 2.49. The second-order valence-electron chi connectivity index (χ2n) is 6.70. The number of nitrogens with one attached hydrogen (secondary N) is 1. The molecule has 2 N–H and O–H groups in total. The molecule has 0 saturated heterocycles. The van der Waals surface area contributed by atoms with Gasteiger partial charge in [-0.15, -0.1) is 0 Å². The lowest BCUT2D eigenvalue weighted by Crippen LogP contribution is -2.27. The highest BCUT2D eigenvalue weighted by molar-refractivity contribution is 6.31. The third-order valence-corrected chi connectivity index (χ3v) is 3.89. The SMILES string of the molecule is CC(C)(C)OC(=O)Nc1ccc(CC2(C(=O)O)CC2)c(Cl)c1. The lowest BCUT2D eigenvalue weighted by atomic mass is 9.96. The Morgan fingerprint density at radius 1 is 1.36 bits per heavy atom. The van der Waals surface area contributed by atoms with Crippen molar-refractivity contribution in [3.63, 3.8) is 0 Å². The molecule has 0 atom stereocenters. The minimum Gasteiger partial charge on any atom is -0.481 e. The predicted octanol–water partition coefficient (Wildman–Crippen LogP) is 4.09. The smallest absolute Gasteiger partial charge is 0.412 e. The number of anilines is 1. The number of aliphatic carboxylic acids is 1. The summed E-state index contributed by atoms with van der Waals surface area (Å²) in [6.07, 6.45) is 1.21. The molecule has 5 nitrogen and oxygen atoms in total. The number of hydrogen-bond acceptors (Lipinski definition) is 3. The van der Waals surface area contributed by atoms with Crippen molar-refractivity contribution in [2.45, 2.75) is 45.6 Å². The van der Waals surface area contributed by atoms with E-state index in [4.69, 9.17) is 16.3 Å². The van der Waals surface area contributed by atoms with Crippen molar-refractivity contribution in [2.75, 3.05) is 5.32 Å². The Hall–Kier alpha value is -1.75. The molecule has 0 unspecified atom stereocenters. The molecule has 0 radical (unpaired) electrons. The van der Waals surface area contributed by atoms with E-state index < -0.39 is 23.1 Å². The summed E-state index contributed by atoms with van der Waals surface area (Å²) in [5.74, 6) is -0.778. The van der Waals surface area contributed by atoms with E-state index in [0.717, 1.165) is 5.56 Å². The van der Waals surface area contributed by atoms with Crippen molar-refractivity contribution in [1.29, 1.82) is 0 Å². The molecule has 1 aliphatic rings. The van der Waals surface area contributed by atoms with Crippen LogP contribution in [-0.4, -0.2) is 22.8 Å². The molecule has 0 spiro atoms. The van der Waals surface area contributed by atoms with Crippen LogP contribution in [0.15, 0.2) is 18.2 Å². The van der Waals surface area contributed by atoms with Crippen molar-refractivity contribution in [1.82, 2.24) is 0 Å². The summed E-state index contributed by atoms with van der Waals surface area (Å²) in [4.78, 5) is 22.9. The Morgan fingerprint density at radius 2 is 2.00 bits per heavy atom. The van der Waals surface area contributed by atoms with E-state index in [1.54, 1.807) is 39.0 Å². The molecule has 1 amide bonds. The minimum absolute atomic E-state index is 0.411. The second-order valence-corrected chi connectivity index (χ2v) is 7.10. The van der Waals surface area contributed by atoms with Crippen molar-refractivity contribution >= 4 is 29.4 Å². The van der Waals surface area contributed by atoms with Gasteiger partial charge in [0.05, 0.1) is 5.41 Å². The van der Waals surface area contributed by atoms with Crippen LogP contribution in [0.25, 0.3) is 0 Å². The number of carbonyl (C=O) groups is 2. The number of benzene rings is 1. The number of carbonyl (C=O) groups excluding carboxylic acids is 1. The van der Waals surface area contributed by atoms with Gasteiger partial charge in [0.15, 0.2) is 0 Å². The van der Waals surface area contributed by atoms with Crippen LogP contribution >= 0.6 is 11.6 Å². The fourth-order valence-corrected chi connectivity index (χ4v) is 2.42. The number of carboxylic acids is 1. The van der Waals surface area contributed by atoms with Gasteiger partial charge in [0.1, 0.15) is 5.60 Å². The van der Waals surface area contributed by atoms with E-state index in [1.807, 2.05) is 0 Å². The molecule has 120 valence electrons. The van der Waals surface area contributed by atoms with Crippen LogP contribution in [-0.2, 0) is 16.0 Å². The molecule has 22 heavy (non-hydrogen) atoms. The molecular weight excluding hydrogens is 306 g/mol. The summed E-state index contributed by atoms with van der Waals surface area (Å²) in [5.41, 5.74) is 0.0525. The van der Waals surface area contributed by atoms with Gasteiger partial charge in [-0.1, -0.05) is 17.7 Å². The molecule has 0 aliphatic heterocycles. The molecule has 0 heterocycles. The van der Waals surface area contributed by atoms with Crippen LogP contribution in [0, 0.1) is 5.41 Å². The van der Waals surface area contributed by atoms with Crippen molar-refractivity contribution in [3.05, 3.63) is 28.8 Å². The number of carboxylic acid groups (broad SMARTS) is 1. The molecular formula is C16H20ClNO4. The Labute approximate surface area is 134 Å². The van der Waals surface area contributed by atoms with E-state index in [-0.39, 0.29) is 0 Å². The minimum atomic E-state index is -0.778. The number of halogens is 1. The van der Waals surface area contributed by atoms with E-state index in [9.17, 15) is 14.7 Å². The van der Waals surface area contributed by atoms with E-state index in [0.29, 0.717) is 30.0 Å². The van der Waals surface area contributed by atoms with Gasteiger partial charge in [0, 0.05) is 10.7 Å². The first kappa shape index (κ1) is 16.6. The summed E-state index contributed by atoms with van der Waals surface area (Å²) in [5, 5.41) is 12.3. The van der Waals surface area contributed by atoms with Crippen LogP contribution < -0.4 is 5.32 Å². The third-order valence-electron chi connectivity index (χ3n) is 3.53. The van der Waals surface area contributed by atoms with Gasteiger partial charge in [-0.05, 0) is 57.7 Å². The highest BCUT2D eigenvalue weighted by atomic mass is 35.5. The first-order chi connectivity index (χ1) is 10.1. The van der Waals surface area contributed by atoms with Gasteiger partial charge in [0.25, 0.3) is 0 Å². The molecule has 1 saturated carbocycles. The number of hydrogen-bond donors (Lipinski definition) is 2. The van der Waals surface area contributed by atoms with Gasteiger partial charge in [-0.25, -0.2) is 4.79 Å². The maximum absolute atomic E-state index is 11.7. The average molecular weight is 326 g/mol. The summed E-state index contributed by atoms with van der Waals surface area (Å²) in [7, 11) is 0. The van der Waals surface area contributed by atoms with Gasteiger partial charge in [0.2, 0.25) is 0 Å². The number of rotatable bonds is 4. The highest BCUT2D eigenvalue weighted by Gasteiger charge is 2.50. The normalized spacial score (nSPS) is 16.0. The van der Waals surface area contributed by atoms with Gasteiger partial charge in [-0.3, -0.25) is 10.1 Å². The second kappa shape index (κ2) is 5.80. The Kier molecular flexibility index (Phi) is 4.38. The van der Waals surface area contributed by atoms with Crippen molar-refractivity contribution < 1.29 is 19.4 Å². The lowest BCUT2D eigenvalue weighted by Gasteiger charge is -2.20. The van der Waals surface area contributed by atoms with Crippen LogP contribution in [0.3, 0.4) is 0 Å². The van der Waals surface area contributed by atoms with Crippen LogP contribution in [0.5, 0.6) is 0 Å². The fourth-order valence-electron chi connectivity index (χ4n) is 2.17.